The van der Waals surface area contributed by atoms with Gasteiger partial charge >= 0.3 is 11.7 Å². The Bertz CT molecular complexity index is 1290. The van der Waals surface area contributed by atoms with E-state index < -0.39 is 11.2 Å². The van der Waals surface area contributed by atoms with Crippen molar-refractivity contribution in [2.24, 2.45) is 17.4 Å². The average molecular weight is 575 g/mol. The van der Waals surface area contributed by atoms with E-state index >= 15 is 0 Å². The van der Waals surface area contributed by atoms with Crippen LogP contribution in [0.4, 0.5) is 10.6 Å². The van der Waals surface area contributed by atoms with Crippen molar-refractivity contribution in [3.8, 4) is 11.4 Å². The molecule has 1 aromatic carbocycles. The monoisotopic (exact) mass is 574 g/mol. The van der Waals surface area contributed by atoms with Crippen LogP contribution in [0.1, 0.15) is 25.8 Å². The number of anilines is 1. The van der Waals surface area contributed by atoms with Gasteiger partial charge in [0.05, 0.1) is 11.2 Å². The minimum absolute atomic E-state index is 0. The van der Waals surface area contributed by atoms with Crippen molar-refractivity contribution >= 4 is 30.2 Å². The maximum Gasteiger partial charge on any atom is 0.354 e. The third-order valence-electron chi connectivity index (χ3n) is 7.83. The third-order valence-corrected chi connectivity index (χ3v) is 7.83. The lowest BCUT2D eigenvalue weighted by atomic mass is 10.0. The highest BCUT2D eigenvalue weighted by Crippen LogP contribution is 2.30. The summed E-state index contributed by atoms with van der Waals surface area (Å²) in [5, 5.41) is 2.69. The Labute approximate surface area is 240 Å². The Balaban J connectivity index is 0.00000370. The summed E-state index contributed by atoms with van der Waals surface area (Å²) in [6.07, 6.45) is 3.63. The SMILES string of the molecule is CC(C)(N)C(=O)N1CCN(C(=O)Nc2ccn(-c3ccc4c(c3)OCC(N3CC[C@H](CN)C3)C4)c(=O)n2)CC1.Cl. The van der Waals surface area contributed by atoms with Crippen LogP contribution in [0.15, 0.2) is 35.3 Å². The largest absolute Gasteiger partial charge is 0.492 e. The summed E-state index contributed by atoms with van der Waals surface area (Å²) in [6, 6.07) is 7.32. The van der Waals surface area contributed by atoms with E-state index in [1.165, 1.54) is 4.57 Å². The number of aromatic nitrogens is 2. The minimum Gasteiger partial charge on any atom is -0.492 e. The van der Waals surface area contributed by atoms with Gasteiger partial charge in [0.1, 0.15) is 18.2 Å². The number of hydrogen-bond acceptors (Lipinski definition) is 8. The van der Waals surface area contributed by atoms with Gasteiger partial charge in [0.25, 0.3) is 0 Å². The molecule has 1 unspecified atom stereocenters. The van der Waals surface area contributed by atoms with Crippen LogP contribution in [-0.4, -0.2) is 100 Å². The van der Waals surface area contributed by atoms with Gasteiger partial charge in [-0.05, 0) is 63.4 Å². The Morgan fingerprint density at radius 3 is 2.50 bits per heavy atom. The first-order valence-corrected chi connectivity index (χ1v) is 13.6. The zero-order valence-corrected chi connectivity index (χ0v) is 23.9. The molecule has 5 N–H and O–H groups in total. The van der Waals surface area contributed by atoms with E-state index in [9.17, 15) is 14.4 Å². The van der Waals surface area contributed by atoms with Crippen molar-refractivity contribution in [3.63, 3.8) is 0 Å². The summed E-state index contributed by atoms with van der Waals surface area (Å²) in [5.41, 5.74) is 12.1. The Morgan fingerprint density at radius 1 is 1.12 bits per heavy atom. The third kappa shape index (κ3) is 6.41. The van der Waals surface area contributed by atoms with Crippen molar-refractivity contribution in [1.29, 1.82) is 0 Å². The van der Waals surface area contributed by atoms with Crippen LogP contribution >= 0.6 is 12.4 Å². The molecule has 0 radical (unpaired) electrons. The summed E-state index contributed by atoms with van der Waals surface area (Å²) >= 11 is 0. The summed E-state index contributed by atoms with van der Waals surface area (Å²) in [6.45, 7) is 8.27. The number of benzene rings is 1. The molecule has 12 nitrogen and oxygen atoms in total. The summed E-state index contributed by atoms with van der Waals surface area (Å²) in [5.74, 6) is 1.36. The first-order valence-electron chi connectivity index (χ1n) is 13.6. The topological polar surface area (TPSA) is 152 Å². The van der Waals surface area contributed by atoms with Crippen molar-refractivity contribution < 1.29 is 14.3 Å². The number of amides is 3. The normalized spacial score (nSPS) is 21.3. The fraction of sp³-hybridized carbons (Fsp3) is 0.556. The molecule has 0 aliphatic carbocycles. The van der Waals surface area contributed by atoms with Crippen molar-refractivity contribution in [2.45, 2.75) is 38.3 Å². The number of ether oxygens (including phenoxy) is 1. The highest BCUT2D eigenvalue weighted by atomic mass is 35.5. The molecule has 13 heteroatoms. The lowest BCUT2D eigenvalue weighted by Crippen LogP contribution is -2.58. The summed E-state index contributed by atoms with van der Waals surface area (Å²) in [4.78, 5) is 47.7. The number of nitrogens with two attached hydrogens (primary N) is 2. The Morgan fingerprint density at radius 2 is 1.85 bits per heavy atom. The van der Waals surface area contributed by atoms with E-state index in [0.717, 1.165) is 43.8 Å². The van der Waals surface area contributed by atoms with Gasteiger partial charge in [-0.2, -0.15) is 4.98 Å². The van der Waals surface area contributed by atoms with E-state index in [1.807, 2.05) is 18.2 Å². The average Bonchev–Trinajstić information content (AvgIpc) is 3.41. The van der Waals surface area contributed by atoms with Crippen LogP contribution < -0.4 is 27.2 Å². The van der Waals surface area contributed by atoms with Crippen LogP contribution in [-0.2, 0) is 11.2 Å². The van der Waals surface area contributed by atoms with E-state index in [-0.39, 0.29) is 30.2 Å². The van der Waals surface area contributed by atoms with Gasteiger partial charge in [-0.25, -0.2) is 9.59 Å². The molecule has 5 rings (SSSR count). The number of nitrogens with one attached hydrogen (secondary N) is 1. The fourth-order valence-corrected chi connectivity index (χ4v) is 5.49. The number of rotatable bonds is 5. The number of urea groups is 1. The molecule has 3 aliphatic rings. The van der Waals surface area contributed by atoms with Crippen molar-refractivity contribution in [2.75, 3.05) is 57.7 Å². The van der Waals surface area contributed by atoms with Gasteiger partial charge in [-0.15, -0.1) is 12.4 Å². The van der Waals surface area contributed by atoms with E-state index in [1.54, 1.807) is 35.9 Å². The van der Waals surface area contributed by atoms with Crippen LogP contribution in [0, 0.1) is 5.92 Å². The second-order valence-electron chi connectivity index (χ2n) is 11.2. The minimum atomic E-state index is -0.951. The van der Waals surface area contributed by atoms with Crippen LogP contribution in [0.25, 0.3) is 5.69 Å². The van der Waals surface area contributed by atoms with E-state index in [0.29, 0.717) is 50.4 Å². The molecule has 0 saturated carbocycles. The second-order valence-corrected chi connectivity index (χ2v) is 11.2. The number of piperazine rings is 1. The number of fused-ring (bicyclic) bond motifs is 1. The number of carbonyl (C=O) groups excluding carboxylic acids is 2. The van der Waals surface area contributed by atoms with Crippen molar-refractivity contribution in [3.05, 3.63) is 46.5 Å². The highest BCUT2D eigenvalue weighted by Gasteiger charge is 2.32. The van der Waals surface area contributed by atoms with Crippen molar-refractivity contribution in [1.82, 2.24) is 24.3 Å². The Kier molecular flexibility index (Phi) is 9.03. The molecule has 3 aliphatic heterocycles. The Hall–Kier alpha value is -3.19. The molecule has 2 fully saturated rings. The molecular formula is C27H39ClN8O4. The molecule has 1 aromatic heterocycles. The van der Waals surface area contributed by atoms with Gasteiger partial charge in [0, 0.05) is 51.0 Å². The van der Waals surface area contributed by atoms with E-state index in [2.05, 4.69) is 15.2 Å². The highest BCUT2D eigenvalue weighted by molar-refractivity contribution is 5.89. The van der Waals surface area contributed by atoms with Crippen LogP contribution in [0.2, 0.25) is 0 Å². The zero-order valence-electron chi connectivity index (χ0n) is 23.0. The number of likely N-dealkylation sites (tertiary alicyclic amines) is 1. The molecule has 2 atom stereocenters. The van der Waals surface area contributed by atoms with E-state index in [4.69, 9.17) is 16.2 Å². The fourth-order valence-electron chi connectivity index (χ4n) is 5.49. The number of carbonyl (C=O) groups is 2. The summed E-state index contributed by atoms with van der Waals surface area (Å²) < 4.78 is 7.53. The number of halogens is 1. The smallest absolute Gasteiger partial charge is 0.354 e. The quantitative estimate of drug-likeness (QED) is 0.471. The van der Waals surface area contributed by atoms with Gasteiger partial charge in [-0.3, -0.25) is 19.6 Å². The summed E-state index contributed by atoms with van der Waals surface area (Å²) in [7, 11) is 0. The number of hydrogen-bond donors (Lipinski definition) is 3. The lowest BCUT2D eigenvalue weighted by molar-refractivity contribution is -0.137. The van der Waals surface area contributed by atoms with Gasteiger partial charge in [0.15, 0.2) is 0 Å². The van der Waals surface area contributed by atoms with Gasteiger partial charge in [-0.1, -0.05) is 6.07 Å². The molecule has 2 saturated heterocycles. The van der Waals surface area contributed by atoms with Gasteiger partial charge < -0.3 is 26.0 Å². The molecule has 40 heavy (non-hydrogen) atoms. The molecule has 0 spiro atoms. The predicted octanol–water partition coefficient (Wildman–Crippen LogP) is 0.652. The van der Waals surface area contributed by atoms with Crippen LogP contribution in [0.5, 0.6) is 5.75 Å². The number of nitrogens with zero attached hydrogens (tertiary/aromatic N) is 5. The molecule has 218 valence electrons. The first kappa shape index (κ1) is 29.8. The molecule has 2 aromatic rings. The molecule has 0 bridgehead atoms. The van der Waals surface area contributed by atoms with Crippen LogP contribution in [0.3, 0.4) is 0 Å². The maximum atomic E-state index is 12.8. The second kappa shape index (κ2) is 12.1. The standard InChI is InChI=1S/C27H38N8O4.ClH/c1-27(2,29)24(36)32-9-11-33(12-10-32)25(37)30-23-6-8-35(26(38)31-23)20-4-3-19-13-21(17-39-22(19)14-20)34-7-5-18(15-28)16-34;/h3-4,6,8,14,18,21H,5,7,9-13,15-17,28-29H2,1-2H3,(H,30,31,37,38);1H/t18-,21?;/m1./s1. The van der Waals surface area contributed by atoms with Gasteiger partial charge in [0.2, 0.25) is 5.91 Å². The maximum absolute atomic E-state index is 12.8. The molecule has 4 heterocycles. The predicted molar refractivity (Wildman–Crippen MR) is 154 cm³/mol. The molecule has 3 amide bonds. The molecular weight excluding hydrogens is 536 g/mol. The first-order chi connectivity index (χ1) is 18.6. The lowest BCUT2D eigenvalue weighted by Gasteiger charge is -2.37. The zero-order chi connectivity index (χ0) is 27.7.